The maximum absolute atomic E-state index is 5.32. The summed E-state index contributed by atoms with van der Waals surface area (Å²) in [5.74, 6) is 1.91. The topological polar surface area (TPSA) is 38.7 Å². The first-order valence-electron chi connectivity index (χ1n) is 20.3. The molecular weight excluding hydrogens is 715 g/mol. The molecular formula is C56H39N3. The van der Waals surface area contributed by atoms with E-state index < -0.39 is 0 Å². The van der Waals surface area contributed by atoms with E-state index in [9.17, 15) is 0 Å². The van der Waals surface area contributed by atoms with Gasteiger partial charge in [-0.3, -0.25) is 0 Å². The van der Waals surface area contributed by atoms with Crippen LogP contribution in [0.25, 0.3) is 100 Å². The Morgan fingerprint density at radius 3 is 1.59 bits per heavy atom. The van der Waals surface area contributed by atoms with Crippen molar-refractivity contribution in [3.05, 3.63) is 211 Å². The summed E-state index contributed by atoms with van der Waals surface area (Å²) in [4.78, 5) is 15.8. The van der Waals surface area contributed by atoms with Crippen molar-refractivity contribution in [3.8, 4) is 78.7 Å². The minimum atomic E-state index is -0.0479. The molecule has 9 aromatic carbocycles. The second-order valence-electron chi connectivity index (χ2n) is 16.0. The van der Waals surface area contributed by atoms with Crippen LogP contribution in [-0.4, -0.2) is 15.0 Å². The molecule has 1 aliphatic rings. The molecule has 0 unspecified atom stereocenters. The largest absolute Gasteiger partial charge is 0.208 e. The highest BCUT2D eigenvalue weighted by Gasteiger charge is 2.36. The molecule has 0 aliphatic heterocycles. The first kappa shape index (κ1) is 34.7. The van der Waals surface area contributed by atoms with Gasteiger partial charge in [-0.25, -0.2) is 15.0 Å². The van der Waals surface area contributed by atoms with Crippen LogP contribution in [0.3, 0.4) is 0 Å². The van der Waals surface area contributed by atoms with Gasteiger partial charge in [0.1, 0.15) is 0 Å². The molecule has 0 amide bonds. The number of aromatic nitrogens is 3. The van der Waals surface area contributed by atoms with Gasteiger partial charge < -0.3 is 0 Å². The van der Waals surface area contributed by atoms with Crippen LogP contribution in [-0.2, 0) is 5.41 Å². The monoisotopic (exact) mass is 753 g/mol. The molecule has 1 heterocycles. The summed E-state index contributed by atoms with van der Waals surface area (Å²) in [5, 5.41) is 4.53. The van der Waals surface area contributed by atoms with Crippen molar-refractivity contribution >= 4 is 21.5 Å². The van der Waals surface area contributed by atoms with Gasteiger partial charge in [0.25, 0.3) is 0 Å². The van der Waals surface area contributed by atoms with E-state index in [0.29, 0.717) is 17.5 Å². The van der Waals surface area contributed by atoms with Crippen molar-refractivity contribution in [1.29, 1.82) is 0 Å². The standard InChI is InChI=1S/C56H39N3/c1-56(2)49-22-12-11-20-48(49)51-46(21-13-23-50(51)56)43-30-28-42-35-44(31-29-41(42)34-43)54-57-53(40-26-24-37(25-27-40)36-14-5-3-6-15-36)58-55(59-54)52-45-19-10-9-18-39(45)32-33-47(52)38-16-7-4-8-17-38/h3-35H,1-2H3. The number of fused-ring (bicyclic) bond motifs is 5. The second kappa shape index (κ2) is 13.9. The smallest absolute Gasteiger partial charge is 0.165 e. The molecule has 0 atom stereocenters. The van der Waals surface area contributed by atoms with E-state index in [1.54, 1.807) is 0 Å². The summed E-state index contributed by atoms with van der Waals surface area (Å²) in [6.45, 7) is 4.67. The lowest BCUT2D eigenvalue weighted by atomic mass is 9.82. The van der Waals surface area contributed by atoms with Crippen molar-refractivity contribution in [3.63, 3.8) is 0 Å². The highest BCUT2D eigenvalue weighted by Crippen LogP contribution is 2.52. The maximum atomic E-state index is 5.32. The van der Waals surface area contributed by atoms with Crippen LogP contribution in [0.1, 0.15) is 25.0 Å². The molecule has 3 nitrogen and oxygen atoms in total. The molecule has 0 radical (unpaired) electrons. The van der Waals surface area contributed by atoms with Gasteiger partial charge in [0.05, 0.1) is 0 Å². The number of hydrogen-bond acceptors (Lipinski definition) is 3. The zero-order valence-electron chi connectivity index (χ0n) is 32.9. The number of hydrogen-bond donors (Lipinski definition) is 0. The summed E-state index contributed by atoms with van der Waals surface area (Å²) >= 11 is 0. The fraction of sp³-hybridized carbons (Fsp3) is 0.0536. The lowest BCUT2D eigenvalue weighted by molar-refractivity contribution is 0.660. The zero-order chi connectivity index (χ0) is 39.5. The van der Waals surface area contributed by atoms with E-state index in [4.69, 9.17) is 15.0 Å². The Morgan fingerprint density at radius 1 is 0.305 bits per heavy atom. The molecule has 3 heteroatoms. The van der Waals surface area contributed by atoms with Gasteiger partial charge in [0, 0.05) is 22.1 Å². The normalized spacial score (nSPS) is 12.7. The number of rotatable bonds is 6. The molecule has 0 N–H and O–H groups in total. The first-order chi connectivity index (χ1) is 29.0. The molecule has 59 heavy (non-hydrogen) atoms. The van der Waals surface area contributed by atoms with Crippen LogP contribution in [0.4, 0.5) is 0 Å². The lowest BCUT2D eigenvalue weighted by Gasteiger charge is -2.21. The molecule has 10 aromatic rings. The first-order valence-corrected chi connectivity index (χ1v) is 20.3. The third-order valence-electron chi connectivity index (χ3n) is 12.1. The molecule has 0 saturated heterocycles. The molecule has 1 aromatic heterocycles. The Morgan fingerprint density at radius 2 is 0.814 bits per heavy atom. The van der Waals surface area contributed by atoms with E-state index in [-0.39, 0.29) is 5.41 Å². The van der Waals surface area contributed by atoms with E-state index in [1.807, 2.05) is 6.07 Å². The molecule has 1 aliphatic carbocycles. The zero-order valence-corrected chi connectivity index (χ0v) is 32.9. The predicted octanol–water partition coefficient (Wildman–Crippen LogP) is 14.5. The van der Waals surface area contributed by atoms with Gasteiger partial charge in [-0.2, -0.15) is 0 Å². The van der Waals surface area contributed by atoms with Crippen LogP contribution in [0, 0.1) is 0 Å². The van der Waals surface area contributed by atoms with Crippen LogP contribution >= 0.6 is 0 Å². The lowest BCUT2D eigenvalue weighted by Crippen LogP contribution is -2.14. The highest BCUT2D eigenvalue weighted by molar-refractivity contribution is 6.03. The SMILES string of the molecule is CC1(C)c2ccccc2-c2c(-c3ccc4cc(-c5nc(-c6ccc(-c7ccccc7)cc6)nc(-c6c(-c7ccccc7)ccc7ccccc67)n5)ccc4c3)cccc21. The molecule has 0 bridgehead atoms. The van der Waals surface area contributed by atoms with Crippen molar-refractivity contribution in [2.24, 2.45) is 0 Å². The number of nitrogens with zero attached hydrogens (tertiary/aromatic N) is 3. The third kappa shape index (κ3) is 5.94. The summed E-state index contributed by atoms with van der Waals surface area (Å²) in [5.41, 5.74) is 15.2. The van der Waals surface area contributed by atoms with E-state index in [0.717, 1.165) is 49.5 Å². The minimum absolute atomic E-state index is 0.0479. The molecule has 278 valence electrons. The Balaban J connectivity index is 1.07. The summed E-state index contributed by atoms with van der Waals surface area (Å²) in [6, 6.07) is 71.4. The van der Waals surface area contributed by atoms with Crippen molar-refractivity contribution in [1.82, 2.24) is 15.0 Å². The Hall–Kier alpha value is -7.49. The van der Waals surface area contributed by atoms with E-state index >= 15 is 0 Å². The Kier molecular flexibility index (Phi) is 8.16. The quantitative estimate of drug-likeness (QED) is 0.170. The summed E-state index contributed by atoms with van der Waals surface area (Å²) < 4.78 is 0. The van der Waals surface area contributed by atoms with E-state index in [2.05, 4.69) is 208 Å². The van der Waals surface area contributed by atoms with Gasteiger partial charge in [0.2, 0.25) is 0 Å². The second-order valence-corrected chi connectivity index (χ2v) is 16.0. The fourth-order valence-corrected chi connectivity index (χ4v) is 9.11. The van der Waals surface area contributed by atoms with Crippen LogP contribution < -0.4 is 0 Å². The number of benzene rings is 9. The Labute approximate surface area is 344 Å². The van der Waals surface area contributed by atoms with Crippen molar-refractivity contribution in [2.45, 2.75) is 19.3 Å². The molecule has 0 spiro atoms. The van der Waals surface area contributed by atoms with Crippen LogP contribution in [0.2, 0.25) is 0 Å². The van der Waals surface area contributed by atoms with Crippen molar-refractivity contribution < 1.29 is 0 Å². The van der Waals surface area contributed by atoms with Crippen LogP contribution in [0.15, 0.2) is 200 Å². The fourth-order valence-electron chi connectivity index (χ4n) is 9.11. The average Bonchev–Trinajstić information content (AvgIpc) is 3.54. The predicted molar refractivity (Wildman–Crippen MR) is 245 cm³/mol. The molecule has 11 rings (SSSR count). The summed E-state index contributed by atoms with van der Waals surface area (Å²) in [6.07, 6.45) is 0. The van der Waals surface area contributed by atoms with Crippen LogP contribution in [0.5, 0.6) is 0 Å². The van der Waals surface area contributed by atoms with Gasteiger partial charge >= 0.3 is 0 Å². The highest BCUT2D eigenvalue weighted by atomic mass is 15.0. The van der Waals surface area contributed by atoms with Gasteiger partial charge in [0.15, 0.2) is 17.5 Å². The molecule has 0 saturated carbocycles. The Bertz CT molecular complexity index is 3220. The average molecular weight is 754 g/mol. The third-order valence-corrected chi connectivity index (χ3v) is 12.1. The van der Waals surface area contributed by atoms with Gasteiger partial charge in [-0.05, 0) is 89.3 Å². The summed E-state index contributed by atoms with van der Waals surface area (Å²) in [7, 11) is 0. The minimum Gasteiger partial charge on any atom is -0.208 e. The van der Waals surface area contributed by atoms with Gasteiger partial charge in [-0.15, -0.1) is 0 Å². The maximum Gasteiger partial charge on any atom is 0.165 e. The van der Waals surface area contributed by atoms with Gasteiger partial charge in [-0.1, -0.05) is 202 Å². The van der Waals surface area contributed by atoms with Crippen molar-refractivity contribution in [2.75, 3.05) is 0 Å². The molecule has 0 fully saturated rings. The van der Waals surface area contributed by atoms with E-state index in [1.165, 1.54) is 44.3 Å².